The molecule has 0 spiro atoms. The van der Waals surface area contributed by atoms with Gasteiger partial charge in [-0.2, -0.15) is 0 Å². The SMILES string of the molecule is CCCCCC[C@H](O)[C@@H]1C2=C(C[C@H]([C@@H](O)C(O)C/C=C/CO)CC3=C(C(=O)OC3=O)[C@H]1O)C(=O)OC2=O. The Morgan fingerprint density at radius 3 is 2.05 bits per heavy atom. The van der Waals surface area contributed by atoms with Crippen LogP contribution < -0.4 is 0 Å². The topological polar surface area (TPSA) is 188 Å². The maximum atomic E-state index is 12.8. The minimum Gasteiger partial charge on any atom is -0.392 e. The lowest BCUT2D eigenvalue weighted by Gasteiger charge is -2.28. The molecule has 0 radical (unpaired) electrons. The summed E-state index contributed by atoms with van der Waals surface area (Å²) in [6.45, 7) is 1.73. The van der Waals surface area contributed by atoms with Gasteiger partial charge in [0.25, 0.3) is 0 Å². The molecule has 0 saturated carbocycles. The van der Waals surface area contributed by atoms with Gasteiger partial charge in [0.1, 0.15) is 0 Å². The molecule has 0 aromatic rings. The number of esters is 4. The number of rotatable bonds is 11. The van der Waals surface area contributed by atoms with Gasteiger partial charge in [-0.25, -0.2) is 19.2 Å². The maximum Gasteiger partial charge on any atom is 0.345 e. The van der Waals surface area contributed by atoms with Crippen LogP contribution in [0.4, 0.5) is 0 Å². The van der Waals surface area contributed by atoms with Crippen molar-refractivity contribution in [3.63, 3.8) is 0 Å². The molecule has 1 aliphatic carbocycles. The van der Waals surface area contributed by atoms with Crippen LogP contribution in [0.25, 0.3) is 0 Å². The highest BCUT2D eigenvalue weighted by Crippen LogP contribution is 2.42. The van der Waals surface area contributed by atoms with Crippen LogP contribution in [0, 0.1) is 11.8 Å². The Morgan fingerprint density at radius 1 is 0.865 bits per heavy atom. The fourth-order valence-electron chi connectivity index (χ4n) is 5.19. The number of carbonyl (C=O) groups excluding carboxylic acids is 4. The van der Waals surface area contributed by atoms with Crippen molar-refractivity contribution in [2.24, 2.45) is 11.8 Å². The summed E-state index contributed by atoms with van der Waals surface area (Å²) in [4.78, 5) is 50.6. The molecule has 37 heavy (non-hydrogen) atoms. The first-order chi connectivity index (χ1) is 17.6. The van der Waals surface area contributed by atoms with Crippen molar-refractivity contribution in [3.05, 3.63) is 34.4 Å². The second-order valence-electron chi connectivity index (χ2n) is 9.64. The quantitative estimate of drug-likeness (QED) is 0.107. The van der Waals surface area contributed by atoms with Gasteiger partial charge in [0.15, 0.2) is 0 Å². The van der Waals surface area contributed by atoms with Gasteiger partial charge in [0.2, 0.25) is 0 Å². The highest BCUT2D eigenvalue weighted by atomic mass is 16.6. The lowest BCUT2D eigenvalue weighted by Crippen LogP contribution is -2.38. The van der Waals surface area contributed by atoms with Crippen LogP contribution in [0.15, 0.2) is 34.4 Å². The zero-order valence-electron chi connectivity index (χ0n) is 20.7. The van der Waals surface area contributed by atoms with Gasteiger partial charge in [-0.1, -0.05) is 44.8 Å². The predicted octanol–water partition coefficient (Wildman–Crippen LogP) is 0.125. The van der Waals surface area contributed by atoms with E-state index >= 15 is 0 Å². The molecule has 204 valence electrons. The second-order valence-corrected chi connectivity index (χ2v) is 9.64. The van der Waals surface area contributed by atoms with Crippen LogP contribution >= 0.6 is 0 Å². The number of hydrogen-bond acceptors (Lipinski definition) is 11. The molecule has 5 N–H and O–H groups in total. The third-order valence-corrected chi connectivity index (χ3v) is 7.15. The third kappa shape index (κ3) is 6.24. The fourth-order valence-corrected chi connectivity index (χ4v) is 5.19. The molecule has 0 amide bonds. The summed E-state index contributed by atoms with van der Waals surface area (Å²) < 4.78 is 9.53. The first-order valence-corrected chi connectivity index (χ1v) is 12.6. The maximum absolute atomic E-state index is 12.8. The van der Waals surface area contributed by atoms with Crippen molar-refractivity contribution in [2.75, 3.05) is 6.61 Å². The van der Waals surface area contributed by atoms with Gasteiger partial charge in [-0.15, -0.1) is 0 Å². The van der Waals surface area contributed by atoms with E-state index in [9.17, 15) is 39.6 Å². The number of unbranched alkanes of at least 4 members (excludes halogenated alkanes) is 3. The molecule has 2 heterocycles. The molecule has 6 atom stereocenters. The van der Waals surface area contributed by atoms with E-state index in [1.54, 1.807) is 0 Å². The van der Waals surface area contributed by atoms with Crippen LogP contribution in [0.5, 0.6) is 0 Å². The van der Waals surface area contributed by atoms with Crippen LogP contribution in [-0.2, 0) is 28.7 Å². The van der Waals surface area contributed by atoms with Gasteiger partial charge in [0.05, 0.1) is 47.7 Å². The molecule has 1 unspecified atom stereocenters. The third-order valence-electron chi connectivity index (χ3n) is 7.15. The summed E-state index contributed by atoms with van der Waals surface area (Å²) in [7, 11) is 0. The molecule has 0 bridgehead atoms. The summed E-state index contributed by atoms with van der Waals surface area (Å²) in [5.41, 5.74) is -1.20. The number of cyclic esters (lactones) is 4. The number of aliphatic hydroxyl groups excluding tert-OH is 5. The van der Waals surface area contributed by atoms with E-state index in [0.29, 0.717) is 6.42 Å². The van der Waals surface area contributed by atoms with Gasteiger partial charge >= 0.3 is 23.9 Å². The highest BCUT2D eigenvalue weighted by molar-refractivity contribution is 6.15. The number of hydrogen-bond donors (Lipinski definition) is 5. The standard InChI is InChI=1S/C26H34O11/c1-2-3-4-5-8-16(28)20-18-14(23(32)36-25(18)34)11-13(21(30)17(29)9-6-7-10-27)12-15-19(22(20)31)26(35)37-24(15)33/h6-7,13,16-17,20-22,27-31H,2-5,8-12H2,1H3/b7-6+/t13-,16-,17?,20+,21+,22+/m0/s1. The van der Waals surface area contributed by atoms with Gasteiger partial charge in [0, 0.05) is 11.5 Å². The molecule has 3 rings (SSSR count). The molecule has 11 heteroatoms. The van der Waals surface area contributed by atoms with Gasteiger partial charge in [-0.3, -0.25) is 0 Å². The molecule has 0 saturated heterocycles. The Kier molecular flexibility index (Phi) is 9.91. The van der Waals surface area contributed by atoms with Crippen LogP contribution in [0.3, 0.4) is 0 Å². The molecule has 0 aromatic carbocycles. The van der Waals surface area contributed by atoms with E-state index in [1.807, 2.05) is 6.92 Å². The number of ether oxygens (including phenoxy) is 2. The first-order valence-electron chi connectivity index (χ1n) is 12.6. The molecular weight excluding hydrogens is 488 g/mol. The molecular formula is C26H34O11. The minimum absolute atomic E-state index is 0.0650. The van der Waals surface area contributed by atoms with Gasteiger partial charge in [-0.05, 0) is 31.6 Å². The summed E-state index contributed by atoms with van der Waals surface area (Å²) in [5.74, 6) is -6.80. The lowest BCUT2D eigenvalue weighted by atomic mass is 9.80. The second kappa shape index (κ2) is 12.7. The van der Waals surface area contributed by atoms with E-state index in [4.69, 9.17) is 14.6 Å². The van der Waals surface area contributed by atoms with Crippen molar-refractivity contribution >= 4 is 23.9 Å². The Labute approximate surface area is 214 Å². The summed E-state index contributed by atoms with van der Waals surface area (Å²) in [6.07, 6.45) is -0.760. The Bertz CT molecular complexity index is 1010. The van der Waals surface area contributed by atoms with E-state index in [2.05, 4.69) is 0 Å². The van der Waals surface area contributed by atoms with Crippen LogP contribution in [0.1, 0.15) is 58.3 Å². The summed E-state index contributed by atoms with van der Waals surface area (Å²) in [6, 6.07) is 0. The molecule has 3 aliphatic rings. The van der Waals surface area contributed by atoms with Gasteiger partial charge < -0.3 is 35.0 Å². The monoisotopic (exact) mass is 522 g/mol. The Morgan fingerprint density at radius 2 is 1.46 bits per heavy atom. The normalized spacial score (nSPS) is 26.9. The number of aliphatic hydroxyl groups is 5. The van der Waals surface area contributed by atoms with Crippen molar-refractivity contribution in [3.8, 4) is 0 Å². The fraction of sp³-hybridized carbons (Fsp3) is 0.615. The molecule has 11 nitrogen and oxygen atoms in total. The Hall–Kier alpha value is -2.70. The van der Waals surface area contributed by atoms with Crippen LogP contribution in [0.2, 0.25) is 0 Å². The van der Waals surface area contributed by atoms with Crippen molar-refractivity contribution in [1.29, 1.82) is 0 Å². The highest BCUT2D eigenvalue weighted by Gasteiger charge is 2.51. The average molecular weight is 523 g/mol. The molecule has 2 aliphatic heterocycles. The largest absolute Gasteiger partial charge is 0.392 e. The van der Waals surface area contributed by atoms with Crippen molar-refractivity contribution in [1.82, 2.24) is 0 Å². The summed E-state index contributed by atoms with van der Waals surface area (Å²) in [5, 5.41) is 52.7. The first kappa shape index (κ1) is 28.9. The van der Waals surface area contributed by atoms with E-state index < -0.39 is 65.7 Å². The minimum atomic E-state index is -1.85. The average Bonchev–Trinajstić information content (AvgIpc) is 3.30. The zero-order chi connectivity index (χ0) is 27.3. The predicted molar refractivity (Wildman–Crippen MR) is 126 cm³/mol. The smallest absolute Gasteiger partial charge is 0.345 e. The van der Waals surface area contributed by atoms with Crippen molar-refractivity contribution < 1.29 is 54.2 Å². The molecule has 0 aromatic heterocycles. The van der Waals surface area contributed by atoms with E-state index in [0.717, 1.165) is 19.3 Å². The van der Waals surface area contributed by atoms with Crippen LogP contribution in [-0.4, -0.2) is 80.4 Å². The van der Waals surface area contributed by atoms with E-state index in [1.165, 1.54) is 12.2 Å². The summed E-state index contributed by atoms with van der Waals surface area (Å²) >= 11 is 0. The number of carbonyl (C=O) groups is 4. The Balaban J connectivity index is 2.08. The molecule has 0 fully saturated rings. The zero-order valence-corrected chi connectivity index (χ0v) is 20.7. The van der Waals surface area contributed by atoms with Crippen molar-refractivity contribution in [2.45, 2.75) is 82.7 Å². The lowest BCUT2D eigenvalue weighted by molar-refractivity contribution is -0.154. The van der Waals surface area contributed by atoms with E-state index in [-0.39, 0.29) is 49.0 Å².